The number of halogens is 2. The predicted octanol–water partition coefficient (Wildman–Crippen LogP) is 3.92. The second-order valence-corrected chi connectivity index (χ2v) is 5.47. The molecule has 0 N–H and O–H groups in total. The monoisotopic (exact) mass is 250 g/mol. The van der Waals surface area contributed by atoms with Crippen LogP contribution in [0.1, 0.15) is 20.8 Å². The molecule has 78 valence electrons. The average molecular weight is 251 g/mol. The molecule has 0 saturated carbocycles. The standard InChI is InChI=1S/C9H12Cl2N2S/c1-5(2)6(3)14-8-7(10)4-12-9(11)13-8/h4-6H,1-3H3. The molecule has 2 nitrogen and oxygen atoms in total. The van der Waals surface area contributed by atoms with Gasteiger partial charge in [-0.15, -0.1) is 11.8 Å². The van der Waals surface area contributed by atoms with E-state index in [0.29, 0.717) is 16.2 Å². The van der Waals surface area contributed by atoms with Crippen LogP contribution in [0, 0.1) is 5.92 Å². The van der Waals surface area contributed by atoms with Crippen LogP contribution in [0.5, 0.6) is 0 Å². The van der Waals surface area contributed by atoms with Gasteiger partial charge in [0.1, 0.15) is 5.03 Å². The Kier molecular flexibility index (Phi) is 4.48. The van der Waals surface area contributed by atoms with Crippen molar-refractivity contribution in [1.29, 1.82) is 0 Å². The van der Waals surface area contributed by atoms with Crippen LogP contribution >= 0.6 is 35.0 Å². The molecule has 1 unspecified atom stereocenters. The van der Waals surface area contributed by atoms with Crippen molar-refractivity contribution in [3.05, 3.63) is 16.5 Å². The second-order valence-electron chi connectivity index (χ2n) is 3.36. The minimum atomic E-state index is 0.243. The van der Waals surface area contributed by atoms with Crippen LogP contribution in [0.15, 0.2) is 11.2 Å². The van der Waals surface area contributed by atoms with Crippen molar-refractivity contribution in [2.24, 2.45) is 5.92 Å². The van der Waals surface area contributed by atoms with Crippen LogP contribution in [0.2, 0.25) is 10.3 Å². The van der Waals surface area contributed by atoms with E-state index in [1.807, 2.05) is 0 Å². The first-order valence-corrected chi connectivity index (χ1v) is 5.99. The first-order valence-electron chi connectivity index (χ1n) is 4.35. The first-order chi connectivity index (χ1) is 6.50. The normalized spacial score (nSPS) is 13.3. The van der Waals surface area contributed by atoms with Crippen LogP contribution in [0.25, 0.3) is 0 Å². The van der Waals surface area contributed by atoms with Gasteiger partial charge in [0.15, 0.2) is 0 Å². The maximum atomic E-state index is 5.94. The Morgan fingerprint density at radius 1 is 1.29 bits per heavy atom. The fourth-order valence-corrected chi connectivity index (χ4v) is 2.06. The average Bonchev–Trinajstić information content (AvgIpc) is 2.11. The Morgan fingerprint density at radius 3 is 2.50 bits per heavy atom. The van der Waals surface area contributed by atoms with E-state index in [2.05, 4.69) is 30.7 Å². The zero-order valence-corrected chi connectivity index (χ0v) is 10.6. The van der Waals surface area contributed by atoms with Gasteiger partial charge in [0.25, 0.3) is 0 Å². The van der Waals surface area contributed by atoms with E-state index in [1.54, 1.807) is 11.8 Å². The van der Waals surface area contributed by atoms with Crippen LogP contribution in [0.3, 0.4) is 0 Å². The maximum Gasteiger partial charge on any atom is 0.223 e. The molecule has 0 aliphatic carbocycles. The van der Waals surface area contributed by atoms with Crippen molar-refractivity contribution in [3.63, 3.8) is 0 Å². The van der Waals surface area contributed by atoms with E-state index in [1.165, 1.54) is 6.20 Å². The van der Waals surface area contributed by atoms with Gasteiger partial charge in [-0.05, 0) is 17.5 Å². The fraction of sp³-hybridized carbons (Fsp3) is 0.556. The molecule has 0 bridgehead atoms. The van der Waals surface area contributed by atoms with Crippen molar-refractivity contribution >= 4 is 35.0 Å². The Morgan fingerprint density at radius 2 is 1.93 bits per heavy atom. The molecule has 0 saturated heterocycles. The number of thioether (sulfide) groups is 1. The minimum Gasteiger partial charge on any atom is -0.225 e. The molecule has 0 aliphatic heterocycles. The van der Waals surface area contributed by atoms with Crippen molar-refractivity contribution in [2.45, 2.75) is 31.0 Å². The predicted molar refractivity (Wildman–Crippen MR) is 62.2 cm³/mol. The number of nitrogens with zero attached hydrogens (tertiary/aromatic N) is 2. The van der Waals surface area contributed by atoms with E-state index in [4.69, 9.17) is 23.2 Å². The molecular formula is C9H12Cl2N2S. The molecule has 1 heterocycles. The summed E-state index contributed by atoms with van der Waals surface area (Å²) in [6.07, 6.45) is 1.53. The van der Waals surface area contributed by atoms with E-state index < -0.39 is 0 Å². The van der Waals surface area contributed by atoms with E-state index in [-0.39, 0.29) is 5.28 Å². The molecule has 1 atom stereocenters. The molecular weight excluding hydrogens is 239 g/mol. The van der Waals surface area contributed by atoms with Gasteiger partial charge in [-0.1, -0.05) is 32.4 Å². The number of rotatable bonds is 3. The number of hydrogen-bond donors (Lipinski definition) is 0. The summed E-state index contributed by atoms with van der Waals surface area (Å²) in [5, 5.41) is 2.02. The second kappa shape index (κ2) is 5.19. The summed E-state index contributed by atoms with van der Waals surface area (Å²) in [4.78, 5) is 7.88. The summed E-state index contributed by atoms with van der Waals surface area (Å²) in [6, 6.07) is 0. The molecule has 0 fully saturated rings. The third-order valence-electron chi connectivity index (χ3n) is 1.92. The molecule has 0 radical (unpaired) electrons. The van der Waals surface area contributed by atoms with Crippen LogP contribution in [-0.2, 0) is 0 Å². The highest BCUT2D eigenvalue weighted by molar-refractivity contribution is 8.00. The summed E-state index contributed by atoms with van der Waals surface area (Å²) >= 11 is 13.3. The molecule has 1 aromatic heterocycles. The van der Waals surface area contributed by atoms with Crippen LogP contribution in [-0.4, -0.2) is 15.2 Å². The van der Waals surface area contributed by atoms with E-state index in [0.717, 1.165) is 5.03 Å². The number of hydrogen-bond acceptors (Lipinski definition) is 3. The van der Waals surface area contributed by atoms with Gasteiger partial charge in [-0.25, -0.2) is 9.97 Å². The van der Waals surface area contributed by atoms with Gasteiger partial charge in [0, 0.05) is 5.25 Å². The molecule has 0 amide bonds. The lowest BCUT2D eigenvalue weighted by Gasteiger charge is -2.14. The van der Waals surface area contributed by atoms with E-state index in [9.17, 15) is 0 Å². The van der Waals surface area contributed by atoms with Gasteiger partial charge >= 0.3 is 0 Å². The largest absolute Gasteiger partial charge is 0.225 e. The fourth-order valence-electron chi connectivity index (χ4n) is 0.726. The topological polar surface area (TPSA) is 25.8 Å². The maximum absolute atomic E-state index is 5.94. The lowest BCUT2D eigenvalue weighted by molar-refractivity contribution is 0.641. The Hall–Kier alpha value is 0.01000. The highest BCUT2D eigenvalue weighted by atomic mass is 35.5. The summed E-state index contributed by atoms with van der Waals surface area (Å²) in [5.41, 5.74) is 0. The molecule has 1 rings (SSSR count). The summed E-state index contributed by atoms with van der Waals surface area (Å²) < 4.78 is 0. The Balaban J connectivity index is 2.80. The molecule has 5 heteroatoms. The summed E-state index contributed by atoms with van der Waals surface area (Å²) in [5.74, 6) is 0.574. The van der Waals surface area contributed by atoms with Crippen molar-refractivity contribution in [2.75, 3.05) is 0 Å². The quantitative estimate of drug-likeness (QED) is 0.462. The van der Waals surface area contributed by atoms with Gasteiger partial charge in [0.2, 0.25) is 5.28 Å². The molecule has 1 aromatic rings. The van der Waals surface area contributed by atoms with Crippen LogP contribution in [0.4, 0.5) is 0 Å². The lowest BCUT2D eigenvalue weighted by atomic mass is 10.2. The SMILES string of the molecule is CC(C)C(C)Sc1nc(Cl)ncc1Cl. The first kappa shape index (κ1) is 12.1. The summed E-state index contributed by atoms with van der Waals surface area (Å²) in [7, 11) is 0. The third kappa shape index (κ3) is 3.30. The van der Waals surface area contributed by atoms with Crippen molar-refractivity contribution in [1.82, 2.24) is 9.97 Å². The van der Waals surface area contributed by atoms with E-state index >= 15 is 0 Å². The highest BCUT2D eigenvalue weighted by Crippen LogP contribution is 2.31. The molecule has 0 aromatic carbocycles. The summed E-state index contributed by atoms with van der Waals surface area (Å²) in [6.45, 7) is 6.46. The highest BCUT2D eigenvalue weighted by Gasteiger charge is 2.13. The molecule has 0 spiro atoms. The smallest absolute Gasteiger partial charge is 0.223 e. The van der Waals surface area contributed by atoms with Crippen molar-refractivity contribution < 1.29 is 0 Å². The zero-order valence-electron chi connectivity index (χ0n) is 8.29. The Bertz CT molecular complexity index is 318. The number of aromatic nitrogens is 2. The lowest BCUT2D eigenvalue weighted by Crippen LogP contribution is -2.06. The minimum absolute atomic E-state index is 0.243. The zero-order chi connectivity index (χ0) is 10.7. The molecule has 0 aliphatic rings. The van der Waals surface area contributed by atoms with Gasteiger partial charge in [0.05, 0.1) is 11.2 Å². The van der Waals surface area contributed by atoms with Gasteiger partial charge in [-0.3, -0.25) is 0 Å². The van der Waals surface area contributed by atoms with Crippen molar-refractivity contribution in [3.8, 4) is 0 Å². The van der Waals surface area contributed by atoms with Gasteiger partial charge in [-0.2, -0.15) is 0 Å². The van der Waals surface area contributed by atoms with Gasteiger partial charge < -0.3 is 0 Å². The molecule has 14 heavy (non-hydrogen) atoms. The third-order valence-corrected chi connectivity index (χ3v) is 3.94. The Labute approximate surface area is 98.4 Å². The van der Waals surface area contributed by atoms with Crippen LogP contribution < -0.4 is 0 Å².